The van der Waals surface area contributed by atoms with Crippen LogP contribution < -0.4 is 21.7 Å². The number of rotatable bonds is 10. The quantitative estimate of drug-likeness (QED) is 0.348. The van der Waals surface area contributed by atoms with Gasteiger partial charge in [-0.05, 0) is 50.8 Å². The number of hydrogen-bond acceptors (Lipinski definition) is 6. The monoisotopic (exact) mass is 414 g/mol. The van der Waals surface area contributed by atoms with E-state index in [1.807, 2.05) is 19.0 Å². The maximum absolute atomic E-state index is 12.5. The summed E-state index contributed by atoms with van der Waals surface area (Å²) in [5.41, 5.74) is 7.96. The second-order valence-corrected chi connectivity index (χ2v) is 7.06. The number of methoxy groups -OCH3 is 1. The van der Waals surface area contributed by atoms with E-state index >= 15 is 0 Å². The highest BCUT2D eigenvalue weighted by molar-refractivity contribution is 6.04. The van der Waals surface area contributed by atoms with Gasteiger partial charge in [-0.2, -0.15) is 0 Å². The van der Waals surface area contributed by atoms with Crippen LogP contribution in [0.4, 0.5) is 16.2 Å². The second-order valence-electron chi connectivity index (χ2n) is 7.06. The van der Waals surface area contributed by atoms with E-state index in [-0.39, 0.29) is 23.7 Å². The average Bonchev–Trinajstić information content (AvgIpc) is 2.73. The zero-order valence-corrected chi connectivity index (χ0v) is 17.6. The smallest absolute Gasteiger partial charge is 0.315 e. The normalized spacial score (nSPS) is 11.7. The maximum Gasteiger partial charge on any atom is 0.315 e. The van der Waals surface area contributed by atoms with E-state index in [1.54, 1.807) is 49.7 Å². The lowest BCUT2D eigenvalue weighted by Crippen LogP contribution is -2.40. The minimum atomic E-state index is -0.352. The molecular weight excluding hydrogens is 384 g/mol. The first-order valence-corrected chi connectivity index (χ1v) is 9.70. The van der Waals surface area contributed by atoms with Crippen LogP contribution in [0.25, 0.3) is 0 Å². The molecule has 0 saturated heterocycles. The Morgan fingerprint density at radius 1 is 1.20 bits per heavy atom. The molecule has 1 aromatic carbocycles. The number of ether oxygens (including phenoxy) is 1. The Labute approximate surface area is 177 Å². The van der Waals surface area contributed by atoms with Crippen molar-refractivity contribution in [3.8, 4) is 0 Å². The van der Waals surface area contributed by atoms with E-state index in [4.69, 9.17) is 10.5 Å². The Kier molecular flexibility index (Phi) is 9.04. The topological polar surface area (TPSA) is 122 Å². The molecule has 0 radical (unpaired) electrons. The summed E-state index contributed by atoms with van der Waals surface area (Å²) in [5.74, 6) is -0.352. The van der Waals surface area contributed by atoms with Crippen molar-refractivity contribution in [3.63, 3.8) is 0 Å². The number of aromatic nitrogens is 1. The number of urea groups is 1. The molecule has 3 amide bonds. The van der Waals surface area contributed by atoms with Crippen molar-refractivity contribution >= 4 is 23.3 Å². The highest BCUT2D eigenvalue weighted by Crippen LogP contribution is 2.19. The fourth-order valence-electron chi connectivity index (χ4n) is 2.73. The predicted molar refractivity (Wildman–Crippen MR) is 117 cm³/mol. The highest BCUT2D eigenvalue weighted by Gasteiger charge is 2.17. The van der Waals surface area contributed by atoms with Gasteiger partial charge in [0.15, 0.2) is 0 Å². The van der Waals surface area contributed by atoms with Crippen molar-refractivity contribution < 1.29 is 14.3 Å². The molecule has 9 heteroatoms. The van der Waals surface area contributed by atoms with E-state index in [9.17, 15) is 9.59 Å². The van der Waals surface area contributed by atoms with Gasteiger partial charge in [-0.3, -0.25) is 9.78 Å². The van der Waals surface area contributed by atoms with Gasteiger partial charge in [-0.15, -0.1) is 0 Å². The van der Waals surface area contributed by atoms with E-state index < -0.39 is 0 Å². The molecule has 0 aliphatic rings. The van der Waals surface area contributed by atoms with Crippen LogP contribution in [0, 0.1) is 0 Å². The van der Waals surface area contributed by atoms with Gasteiger partial charge in [0.1, 0.15) is 5.69 Å². The Hall–Kier alpha value is -3.17. The summed E-state index contributed by atoms with van der Waals surface area (Å²) < 4.78 is 4.94. The lowest BCUT2D eigenvalue weighted by Gasteiger charge is -2.21. The van der Waals surface area contributed by atoms with Crippen LogP contribution in [0.15, 0.2) is 42.6 Å². The number of nitrogen functional groups attached to an aromatic ring is 1. The Morgan fingerprint density at radius 2 is 1.97 bits per heavy atom. The van der Waals surface area contributed by atoms with Crippen molar-refractivity contribution in [3.05, 3.63) is 53.9 Å². The predicted octanol–water partition coefficient (Wildman–Crippen LogP) is 1.85. The number of nitrogens with zero attached hydrogens (tertiary/aromatic N) is 2. The fourth-order valence-corrected chi connectivity index (χ4v) is 2.73. The van der Waals surface area contributed by atoms with Gasteiger partial charge in [-0.1, -0.05) is 18.2 Å². The van der Waals surface area contributed by atoms with Crippen LogP contribution in [0.1, 0.15) is 28.5 Å². The van der Waals surface area contributed by atoms with Gasteiger partial charge >= 0.3 is 6.03 Å². The fraction of sp³-hybridized carbons (Fsp3) is 0.381. The molecule has 0 saturated carbocycles. The molecule has 1 aromatic heterocycles. The number of anilines is 2. The largest absolute Gasteiger partial charge is 0.397 e. The lowest BCUT2D eigenvalue weighted by atomic mass is 10.1. The van der Waals surface area contributed by atoms with Crippen LogP contribution in [-0.4, -0.2) is 62.7 Å². The Balaban J connectivity index is 2.06. The molecular formula is C21H30N6O3. The van der Waals surface area contributed by atoms with Gasteiger partial charge in [0.25, 0.3) is 5.91 Å². The van der Waals surface area contributed by atoms with Crippen LogP contribution in [0.2, 0.25) is 0 Å². The maximum atomic E-state index is 12.5. The molecule has 162 valence electrons. The van der Waals surface area contributed by atoms with Crippen LogP contribution >= 0.6 is 0 Å². The molecule has 0 bridgehead atoms. The van der Waals surface area contributed by atoms with Crippen molar-refractivity contribution in [2.45, 2.75) is 12.5 Å². The number of hydrogen-bond donors (Lipinski definition) is 4. The molecule has 2 rings (SSSR count). The molecule has 0 fully saturated rings. The number of carbonyl (C=O) groups excluding carboxylic acids is 2. The van der Waals surface area contributed by atoms with Crippen molar-refractivity contribution in [2.75, 3.05) is 52.0 Å². The number of nitrogens with two attached hydrogens (primary N) is 1. The average molecular weight is 415 g/mol. The van der Waals surface area contributed by atoms with E-state index in [1.165, 1.54) is 0 Å². The highest BCUT2D eigenvalue weighted by atomic mass is 16.5. The standard InChI is InChI=1S/C21H30N6O3/c1-27(2)12-10-17(26-21(29)23-11-13-30-3)15-8-9-19(24-14-15)20(28)25-18-7-5-4-6-16(18)22/h4-9,14,17H,10-13,22H2,1-3H3,(H,25,28)(H2,23,26,29). The third-order valence-electron chi connectivity index (χ3n) is 4.39. The molecule has 5 N–H and O–H groups in total. The molecule has 1 unspecified atom stereocenters. The lowest BCUT2D eigenvalue weighted by molar-refractivity contribution is 0.102. The Morgan fingerprint density at radius 3 is 2.60 bits per heavy atom. The second kappa shape index (κ2) is 11.7. The van der Waals surface area contributed by atoms with Gasteiger partial charge in [0.2, 0.25) is 0 Å². The minimum absolute atomic E-state index is 0.246. The molecule has 2 aromatic rings. The molecule has 1 atom stereocenters. The van der Waals surface area contributed by atoms with Crippen LogP contribution in [0.5, 0.6) is 0 Å². The summed E-state index contributed by atoms with van der Waals surface area (Å²) in [4.78, 5) is 30.9. The van der Waals surface area contributed by atoms with Crippen molar-refractivity contribution in [1.82, 2.24) is 20.5 Å². The number of carbonyl (C=O) groups is 2. The summed E-state index contributed by atoms with van der Waals surface area (Å²) in [6.45, 7) is 1.63. The van der Waals surface area contributed by atoms with E-state index in [0.717, 1.165) is 12.1 Å². The minimum Gasteiger partial charge on any atom is -0.397 e. The van der Waals surface area contributed by atoms with Gasteiger partial charge < -0.3 is 31.3 Å². The molecule has 0 aliphatic heterocycles. The summed E-state index contributed by atoms with van der Waals surface area (Å²) >= 11 is 0. The SMILES string of the molecule is COCCNC(=O)NC(CCN(C)C)c1ccc(C(=O)Nc2ccccc2N)nc1. The van der Waals surface area contributed by atoms with Gasteiger partial charge in [0, 0.05) is 19.9 Å². The number of amides is 3. The summed E-state index contributed by atoms with van der Waals surface area (Å²) in [6, 6.07) is 9.94. The number of para-hydroxylation sites is 2. The zero-order valence-electron chi connectivity index (χ0n) is 17.6. The first-order valence-electron chi connectivity index (χ1n) is 9.70. The molecule has 30 heavy (non-hydrogen) atoms. The van der Waals surface area contributed by atoms with Crippen molar-refractivity contribution in [2.24, 2.45) is 0 Å². The number of benzene rings is 1. The Bertz CT molecular complexity index is 826. The van der Waals surface area contributed by atoms with Gasteiger partial charge in [0.05, 0.1) is 24.0 Å². The molecule has 9 nitrogen and oxygen atoms in total. The summed E-state index contributed by atoms with van der Waals surface area (Å²) in [6.07, 6.45) is 2.30. The third-order valence-corrected chi connectivity index (χ3v) is 4.39. The first kappa shape index (κ1) is 23.1. The molecule has 1 heterocycles. The first-order chi connectivity index (χ1) is 14.4. The number of pyridine rings is 1. The molecule has 0 aliphatic carbocycles. The summed E-state index contributed by atoms with van der Waals surface area (Å²) in [7, 11) is 5.52. The molecule has 0 spiro atoms. The summed E-state index contributed by atoms with van der Waals surface area (Å²) in [5, 5.41) is 8.45. The van der Waals surface area contributed by atoms with Crippen LogP contribution in [0.3, 0.4) is 0 Å². The van der Waals surface area contributed by atoms with Crippen LogP contribution in [-0.2, 0) is 4.74 Å². The van der Waals surface area contributed by atoms with Gasteiger partial charge in [-0.25, -0.2) is 4.79 Å². The van der Waals surface area contributed by atoms with E-state index in [2.05, 4.69) is 20.9 Å². The van der Waals surface area contributed by atoms with E-state index in [0.29, 0.717) is 30.9 Å². The number of nitrogens with one attached hydrogen (secondary N) is 3. The zero-order chi connectivity index (χ0) is 21.9. The van der Waals surface area contributed by atoms with Crippen molar-refractivity contribution in [1.29, 1.82) is 0 Å². The third kappa shape index (κ3) is 7.34.